The maximum absolute atomic E-state index is 11.9. The van der Waals surface area contributed by atoms with E-state index in [-0.39, 0.29) is 18.3 Å². The van der Waals surface area contributed by atoms with Gasteiger partial charge in [0.25, 0.3) is 0 Å². The summed E-state index contributed by atoms with van der Waals surface area (Å²) in [5.74, 6) is 0.849. The molecule has 4 heteroatoms. The lowest BCUT2D eigenvalue weighted by molar-refractivity contribution is -0.121. The highest BCUT2D eigenvalue weighted by Crippen LogP contribution is 2.49. The van der Waals surface area contributed by atoms with Gasteiger partial charge in [0.1, 0.15) is 0 Å². The van der Waals surface area contributed by atoms with Crippen molar-refractivity contribution in [2.24, 2.45) is 11.3 Å². The third-order valence-corrected chi connectivity index (χ3v) is 4.14. The van der Waals surface area contributed by atoms with Gasteiger partial charge in [0.05, 0.1) is 0 Å². The Morgan fingerprint density at radius 1 is 1.33 bits per heavy atom. The number of para-hydroxylation sites is 1. The number of nitrogens with two attached hydrogens (primary N) is 1. The van der Waals surface area contributed by atoms with Gasteiger partial charge in [-0.1, -0.05) is 32.0 Å². The number of hydrogen-bond acceptors (Lipinski definition) is 2. The van der Waals surface area contributed by atoms with Crippen LogP contribution in [0.15, 0.2) is 24.3 Å². The zero-order chi connectivity index (χ0) is 14.6. The third kappa shape index (κ3) is 5.58. The summed E-state index contributed by atoms with van der Waals surface area (Å²) >= 11 is 0. The molecule has 1 aliphatic rings. The Labute approximate surface area is 134 Å². The van der Waals surface area contributed by atoms with Gasteiger partial charge in [-0.05, 0) is 48.6 Å². The number of nitrogens with one attached hydrogen (secondary N) is 1. The standard InChI is InChI=1S/C17H26N2O.ClH/c1-13(2)11-17(9-10-17)12-19-16(20)8-7-14-5-3-4-6-15(14)18;/h3-6,13H,7-12,18H2,1-2H3,(H,19,20);1H. The van der Waals surface area contributed by atoms with Gasteiger partial charge < -0.3 is 11.1 Å². The fraction of sp³-hybridized carbons (Fsp3) is 0.588. The Morgan fingerprint density at radius 3 is 2.57 bits per heavy atom. The van der Waals surface area contributed by atoms with Gasteiger partial charge in [-0.3, -0.25) is 4.79 Å². The molecular formula is C17H27ClN2O. The smallest absolute Gasteiger partial charge is 0.220 e. The van der Waals surface area contributed by atoms with Crippen LogP contribution in [0.3, 0.4) is 0 Å². The molecule has 0 spiro atoms. The van der Waals surface area contributed by atoms with Crippen molar-refractivity contribution in [3.8, 4) is 0 Å². The van der Waals surface area contributed by atoms with Crippen LogP contribution in [0, 0.1) is 11.3 Å². The molecule has 3 nitrogen and oxygen atoms in total. The van der Waals surface area contributed by atoms with Crippen molar-refractivity contribution in [1.82, 2.24) is 5.32 Å². The Kier molecular flexibility index (Phi) is 6.53. The van der Waals surface area contributed by atoms with Gasteiger partial charge in [0.15, 0.2) is 0 Å². The fourth-order valence-electron chi connectivity index (χ4n) is 2.88. The van der Waals surface area contributed by atoms with Crippen molar-refractivity contribution in [1.29, 1.82) is 0 Å². The van der Waals surface area contributed by atoms with Crippen molar-refractivity contribution in [2.75, 3.05) is 12.3 Å². The summed E-state index contributed by atoms with van der Waals surface area (Å²) in [6.45, 7) is 5.34. The average molecular weight is 311 g/mol. The van der Waals surface area contributed by atoms with Gasteiger partial charge in [0, 0.05) is 18.7 Å². The van der Waals surface area contributed by atoms with Crippen molar-refractivity contribution in [3.63, 3.8) is 0 Å². The molecule has 0 unspecified atom stereocenters. The lowest BCUT2D eigenvalue weighted by Crippen LogP contribution is -2.31. The number of anilines is 1. The van der Waals surface area contributed by atoms with Crippen molar-refractivity contribution >= 4 is 24.0 Å². The van der Waals surface area contributed by atoms with Gasteiger partial charge in [-0.2, -0.15) is 0 Å². The highest BCUT2D eigenvalue weighted by atomic mass is 35.5. The van der Waals surface area contributed by atoms with Crippen LogP contribution in [0.1, 0.15) is 45.1 Å². The number of nitrogen functional groups attached to an aromatic ring is 1. The minimum Gasteiger partial charge on any atom is -0.399 e. The lowest BCUT2D eigenvalue weighted by atomic mass is 9.94. The van der Waals surface area contributed by atoms with Gasteiger partial charge >= 0.3 is 0 Å². The number of amides is 1. The Balaban J connectivity index is 0.00000220. The van der Waals surface area contributed by atoms with E-state index in [1.165, 1.54) is 19.3 Å². The first kappa shape index (κ1) is 17.8. The average Bonchev–Trinajstić information content (AvgIpc) is 3.15. The van der Waals surface area contributed by atoms with Crippen LogP contribution in [0.4, 0.5) is 5.69 Å². The highest BCUT2D eigenvalue weighted by molar-refractivity contribution is 5.85. The van der Waals surface area contributed by atoms with E-state index in [1.807, 2.05) is 24.3 Å². The molecule has 3 N–H and O–H groups in total. The monoisotopic (exact) mass is 310 g/mol. The second-order valence-corrected chi connectivity index (χ2v) is 6.57. The van der Waals surface area contributed by atoms with Crippen LogP contribution in [0.2, 0.25) is 0 Å². The molecule has 1 fully saturated rings. The zero-order valence-electron chi connectivity index (χ0n) is 13.0. The first-order valence-corrected chi connectivity index (χ1v) is 7.61. The molecule has 0 atom stereocenters. The normalized spacial score (nSPS) is 15.4. The largest absolute Gasteiger partial charge is 0.399 e. The number of benzene rings is 1. The molecule has 0 heterocycles. The maximum atomic E-state index is 11.9. The molecule has 0 bridgehead atoms. The molecule has 1 aliphatic carbocycles. The molecular weight excluding hydrogens is 284 g/mol. The molecule has 1 aromatic carbocycles. The van der Waals surface area contributed by atoms with E-state index in [0.717, 1.165) is 24.2 Å². The molecule has 1 saturated carbocycles. The van der Waals surface area contributed by atoms with Crippen LogP contribution in [-0.4, -0.2) is 12.5 Å². The maximum Gasteiger partial charge on any atom is 0.220 e. The van der Waals surface area contributed by atoms with Gasteiger partial charge in [0.2, 0.25) is 5.91 Å². The van der Waals surface area contributed by atoms with Crippen molar-refractivity contribution < 1.29 is 4.79 Å². The van der Waals surface area contributed by atoms with Crippen molar-refractivity contribution in [2.45, 2.75) is 46.0 Å². The van der Waals surface area contributed by atoms with E-state index in [1.54, 1.807) is 0 Å². The van der Waals surface area contributed by atoms with Crippen LogP contribution < -0.4 is 11.1 Å². The Morgan fingerprint density at radius 2 is 2.00 bits per heavy atom. The molecule has 1 amide bonds. The van der Waals surface area contributed by atoms with Crippen LogP contribution in [-0.2, 0) is 11.2 Å². The van der Waals surface area contributed by atoms with E-state index in [4.69, 9.17) is 5.73 Å². The number of carbonyl (C=O) groups is 1. The summed E-state index contributed by atoms with van der Waals surface area (Å²) in [5.41, 5.74) is 8.12. The SMILES string of the molecule is CC(C)CC1(CNC(=O)CCc2ccccc2N)CC1.Cl. The predicted molar refractivity (Wildman–Crippen MR) is 90.6 cm³/mol. The quantitative estimate of drug-likeness (QED) is 0.756. The lowest BCUT2D eigenvalue weighted by Gasteiger charge is -2.18. The first-order chi connectivity index (χ1) is 9.51. The summed E-state index contributed by atoms with van der Waals surface area (Å²) in [7, 11) is 0. The topological polar surface area (TPSA) is 55.1 Å². The minimum atomic E-state index is 0. The number of carbonyl (C=O) groups excluding carboxylic acids is 1. The van der Waals surface area contributed by atoms with E-state index >= 15 is 0 Å². The number of aryl methyl sites for hydroxylation is 1. The Bertz CT molecular complexity index is 470. The third-order valence-electron chi connectivity index (χ3n) is 4.14. The molecule has 2 rings (SSSR count). The molecule has 21 heavy (non-hydrogen) atoms. The van der Waals surface area contributed by atoms with Crippen LogP contribution in [0.25, 0.3) is 0 Å². The van der Waals surface area contributed by atoms with E-state index in [0.29, 0.717) is 17.8 Å². The Hall–Kier alpha value is -1.22. The molecule has 1 aromatic rings. The molecule has 0 aliphatic heterocycles. The minimum absolute atomic E-state index is 0. The molecule has 118 valence electrons. The van der Waals surface area contributed by atoms with E-state index < -0.39 is 0 Å². The van der Waals surface area contributed by atoms with Gasteiger partial charge in [-0.15, -0.1) is 12.4 Å². The van der Waals surface area contributed by atoms with Crippen LogP contribution >= 0.6 is 12.4 Å². The summed E-state index contributed by atoms with van der Waals surface area (Å²) in [6.07, 6.45) is 4.98. The number of hydrogen-bond donors (Lipinski definition) is 2. The summed E-state index contributed by atoms with van der Waals surface area (Å²) in [5, 5.41) is 3.10. The molecule has 0 radical (unpaired) electrons. The van der Waals surface area contributed by atoms with E-state index in [2.05, 4.69) is 19.2 Å². The molecule has 0 aromatic heterocycles. The second kappa shape index (κ2) is 7.69. The fourth-order valence-corrected chi connectivity index (χ4v) is 2.88. The predicted octanol–water partition coefficient (Wildman–Crippen LogP) is 3.57. The first-order valence-electron chi connectivity index (χ1n) is 7.61. The van der Waals surface area contributed by atoms with E-state index in [9.17, 15) is 4.79 Å². The highest BCUT2D eigenvalue weighted by Gasteiger charge is 2.42. The zero-order valence-corrected chi connectivity index (χ0v) is 13.8. The number of rotatable bonds is 7. The summed E-state index contributed by atoms with van der Waals surface area (Å²) in [4.78, 5) is 11.9. The summed E-state index contributed by atoms with van der Waals surface area (Å²) < 4.78 is 0. The second-order valence-electron chi connectivity index (χ2n) is 6.57. The number of halogens is 1. The van der Waals surface area contributed by atoms with Crippen molar-refractivity contribution in [3.05, 3.63) is 29.8 Å². The van der Waals surface area contributed by atoms with Gasteiger partial charge in [-0.25, -0.2) is 0 Å². The summed E-state index contributed by atoms with van der Waals surface area (Å²) in [6, 6.07) is 7.76. The van der Waals surface area contributed by atoms with Crippen LogP contribution in [0.5, 0.6) is 0 Å². The molecule has 0 saturated heterocycles.